The summed E-state index contributed by atoms with van der Waals surface area (Å²) in [5.74, 6) is 0.561. The fourth-order valence-electron chi connectivity index (χ4n) is 3.60. The van der Waals surface area contributed by atoms with Gasteiger partial charge in [0, 0.05) is 36.3 Å². The van der Waals surface area contributed by atoms with Gasteiger partial charge in [0.1, 0.15) is 5.65 Å². The number of carbonyl (C=O) groups is 1. The van der Waals surface area contributed by atoms with Crippen molar-refractivity contribution in [2.24, 2.45) is 0 Å². The van der Waals surface area contributed by atoms with Crippen molar-refractivity contribution in [1.82, 2.24) is 19.3 Å². The van der Waals surface area contributed by atoms with E-state index in [4.69, 9.17) is 0 Å². The summed E-state index contributed by atoms with van der Waals surface area (Å²) in [6, 6.07) is 5.92. The topological polar surface area (TPSA) is 50.5 Å². The minimum Gasteiger partial charge on any atom is -0.342 e. The maximum atomic E-state index is 12.9. The van der Waals surface area contributed by atoms with Crippen LogP contribution in [0.5, 0.6) is 0 Å². The van der Waals surface area contributed by atoms with E-state index >= 15 is 0 Å². The molecule has 25 heavy (non-hydrogen) atoms. The molecule has 130 valence electrons. The number of hydrogen-bond donors (Lipinski definition) is 0. The van der Waals surface area contributed by atoms with E-state index in [0.717, 1.165) is 43.0 Å². The first kappa shape index (κ1) is 16.3. The summed E-state index contributed by atoms with van der Waals surface area (Å²) in [4.78, 5) is 25.2. The monoisotopic (exact) mass is 354 g/mol. The summed E-state index contributed by atoms with van der Waals surface area (Å²) in [7, 11) is 0. The predicted molar refractivity (Wildman–Crippen MR) is 99.0 cm³/mol. The molecule has 5 nitrogen and oxygen atoms in total. The van der Waals surface area contributed by atoms with Crippen LogP contribution < -0.4 is 0 Å². The summed E-state index contributed by atoms with van der Waals surface area (Å²) in [5, 5.41) is 1.17. The fraction of sp³-hybridized carbons (Fsp3) is 0.421. The standard InChI is InChI=1S/C19H22N4OS/c1-13-11-20-19(25-13)15-6-5-8-22(12-15)18(24)10-16-14(2)21-17-7-3-4-9-23(16)17/h3-4,7,9,11,15H,5-6,8,10,12H2,1-2H3. The second-order valence-corrected chi connectivity index (χ2v) is 8.00. The van der Waals surface area contributed by atoms with Crippen molar-refractivity contribution < 1.29 is 4.79 Å². The number of carbonyl (C=O) groups excluding carboxylic acids is 1. The third-order valence-electron chi connectivity index (χ3n) is 4.91. The number of aromatic nitrogens is 3. The Hall–Kier alpha value is -2.21. The molecule has 4 heterocycles. The Morgan fingerprint density at radius 2 is 2.24 bits per heavy atom. The Morgan fingerprint density at radius 1 is 1.36 bits per heavy atom. The number of imidazole rings is 1. The molecular formula is C19H22N4OS. The first-order valence-corrected chi connectivity index (χ1v) is 9.56. The van der Waals surface area contributed by atoms with Crippen LogP contribution in [0.25, 0.3) is 5.65 Å². The molecule has 0 aliphatic carbocycles. The molecule has 1 aliphatic rings. The zero-order valence-electron chi connectivity index (χ0n) is 14.6. The Balaban J connectivity index is 1.51. The zero-order chi connectivity index (χ0) is 17.4. The molecule has 1 saturated heterocycles. The Bertz CT molecular complexity index is 913. The number of thiazole rings is 1. The lowest BCUT2D eigenvalue weighted by atomic mass is 9.98. The van der Waals surface area contributed by atoms with Crippen molar-refractivity contribution in [2.75, 3.05) is 13.1 Å². The summed E-state index contributed by atoms with van der Waals surface area (Å²) in [6.07, 6.45) is 6.48. The van der Waals surface area contributed by atoms with Crippen LogP contribution in [0.2, 0.25) is 0 Å². The molecule has 0 N–H and O–H groups in total. The van der Waals surface area contributed by atoms with Gasteiger partial charge in [-0.3, -0.25) is 4.79 Å². The number of amides is 1. The highest BCUT2D eigenvalue weighted by Gasteiger charge is 2.27. The van der Waals surface area contributed by atoms with Crippen LogP contribution >= 0.6 is 11.3 Å². The van der Waals surface area contributed by atoms with E-state index in [0.29, 0.717) is 12.3 Å². The minimum atomic E-state index is 0.187. The normalized spacial score (nSPS) is 18.0. The fourth-order valence-corrected chi connectivity index (χ4v) is 4.50. The molecular weight excluding hydrogens is 332 g/mol. The second-order valence-electron chi connectivity index (χ2n) is 6.74. The average Bonchev–Trinajstić information content (AvgIpc) is 3.19. The van der Waals surface area contributed by atoms with Gasteiger partial charge in [-0.15, -0.1) is 11.3 Å². The summed E-state index contributed by atoms with van der Waals surface area (Å²) >= 11 is 1.75. The lowest BCUT2D eigenvalue weighted by Gasteiger charge is -2.32. The molecule has 0 radical (unpaired) electrons. The van der Waals surface area contributed by atoms with E-state index in [1.54, 1.807) is 11.3 Å². The minimum absolute atomic E-state index is 0.187. The Morgan fingerprint density at radius 3 is 3.04 bits per heavy atom. The van der Waals surface area contributed by atoms with Gasteiger partial charge in [-0.2, -0.15) is 0 Å². The van der Waals surface area contributed by atoms with Gasteiger partial charge in [-0.1, -0.05) is 6.07 Å². The molecule has 0 bridgehead atoms. The van der Waals surface area contributed by atoms with E-state index in [1.807, 2.05) is 46.8 Å². The van der Waals surface area contributed by atoms with Crippen molar-refractivity contribution in [3.8, 4) is 0 Å². The number of rotatable bonds is 3. The van der Waals surface area contributed by atoms with Crippen LogP contribution in [0.3, 0.4) is 0 Å². The van der Waals surface area contributed by atoms with Crippen molar-refractivity contribution in [2.45, 2.75) is 39.0 Å². The maximum Gasteiger partial charge on any atom is 0.228 e. The number of nitrogens with zero attached hydrogens (tertiary/aromatic N) is 4. The highest BCUT2D eigenvalue weighted by molar-refractivity contribution is 7.11. The van der Waals surface area contributed by atoms with Crippen LogP contribution in [0.15, 0.2) is 30.6 Å². The lowest BCUT2D eigenvalue weighted by Crippen LogP contribution is -2.40. The molecule has 1 fully saturated rings. The highest BCUT2D eigenvalue weighted by Crippen LogP contribution is 2.30. The number of piperidine rings is 1. The van der Waals surface area contributed by atoms with Gasteiger partial charge in [0.15, 0.2) is 0 Å². The molecule has 1 atom stereocenters. The van der Waals surface area contributed by atoms with E-state index in [-0.39, 0.29) is 5.91 Å². The molecule has 0 spiro atoms. The molecule has 1 unspecified atom stereocenters. The van der Waals surface area contributed by atoms with Crippen LogP contribution in [0, 0.1) is 13.8 Å². The van der Waals surface area contributed by atoms with Gasteiger partial charge in [0.2, 0.25) is 5.91 Å². The number of hydrogen-bond acceptors (Lipinski definition) is 4. The van der Waals surface area contributed by atoms with Gasteiger partial charge in [-0.05, 0) is 38.8 Å². The molecule has 0 saturated carbocycles. The quantitative estimate of drug-likeness (QED) is 0.725. The maximum absolute atomic E-state index is 12.9. The first-order valence-electron chi connectivity index (χ1n) is 8.74. The number of pyridine rings is 1. The third kappa shape index (κ3) is 3.18. The van der Waals surface area contributed by atoms with E-state index in [9.17, 15) is 4.79 Å². The molecule has 0 aromatic carbocycles. The van der Waals surface area contributed by atoms with Crippen molar-refractivity contribution in [3.63, 3.8) is 0 Å². The third-order valence-corrected chi connectivity index (χ3v) is 5.99. The molecule has 4 rings (SSSR count). The van der Waals surface area contributed by atoms with Crippen molar-refractivity contribution in [1.29, 1.82) is 0 Å². The van der Waals surface area contributed by atoms with E-state index < -0.39 is 0 Å². The SMILES string of the molecule is Cc1cnc(C2CCCN(C(=O)Cc3c(C)nc4ccccn34)C2)s1. The van der Waals surface area contributed by atoms with Gasteiger partial charge in [0.05, 0.1) is 22.8 Å². The predicted octanol–water partition coefficient (Wildman–Crippen LogP) is 3.36. The van der Waals surface area contributed by atoms with Crippen molar-refractivity contribution >= 4 is 22.9 Å². The first-order chi connectivity index (χ1) is 12.1. The van der Waals surface area contributed by atoms with Gasteiger partial charge in [0.25, 0.3) is 0 Å². The average molecular weight is 354 g/mol. The van der Waals surface area contributed by atoms with Crippen molar-refractivity contribution in [3.05, 3.63) is 51.9 Å². The van der Waals surface area contributed by atoms with Crippen LogP contribution in [-0.2, 0) is 11.2 Å². The summed E-state index contributed by atoms with van der Waals surface area (Å²) in [5.41, 5.74) is 2.83. The van der Waals surface area contributed by atoms with Crippen LogP contribution in [0.1, 0.15) is 40.0 Å². The Labute approximate surface area is 151 Å². The summed E-state index contributed by atoms with van der Waals surface area (Å²) in [6.45, 7) is 5.68. The molecule has 6 heteroatoms. The number of likely N-dealkylation sites (tertiary alicyclic amines) is 1. The largest absolute Gasteiger partial charge is 0.342 e. The smallest absolute Gasteiger partial charge is 0.228 e. The number of fused-ring (bicyclic) bond motifs is 1. The van der Waals surface area contributed by atoms with Crippen LogP contribution in [-0.4, -0.2) is 38.3 Å². The van der Waals surface area contributed by atoms with Gasteiger partial charge >= 0.3 is 0 Å². The Kier molecular flexibility index (Phi) is 4.29. The summed E-state index contributed by atoms with van der Waals surface area (Å²) < 4.78 is 2.03. The van der Waals surface area contributed by atoms with E-state index in [2.05, 4.69) is 16.9 Å². The number of aryl methyl sites for hydroxylation is 2. The lowest BCUT2D eigenvalue weighted by molar-refractivity contribution is -0.131. The van der Waals surface area contributed by atoms with E-state index in [1.165, 1.54) is 9.88 Å². The zero-order valence-corrected chi connectivity index (χ0v) is 15.4. The molecule has 1 aliphatic heterocycles. The highest BCUT2D eigenvalue weighted by atomic mass is 32.1. The molecule has 1 amide bonds. The molecule has 3 aromatic heterocycles. The molecule has 3 aromatic rings. The second kappa shape index (κ2) is 6.59. The van der Waals surface area contributed by atoms with Gasteiger partial charge < -0.3 is 9.30 Å². The van der Waals surface area contributed by atoms with Crippen LogP contribution in [0.4, 0.5) is 0 Å². The van der Waals surface area contributed by atoms with Gasteiger partial charge in [-0.25, -0.2) is 9.97 Å².